The van der Waals surface area contributed by atoms with Gasteiger partial charge in [-0.15, -0.1) is 0 Å². The highest BCUT2D eigenvalue weighted by atomic mass is 79.9. The van der Waals surface area contributed by atoms with Gasteiger partial charge in [0.2, 0.25) is 11.8 Å². The number of hydrogen-bond donors (Lipinski definition) is 1. The average molecular weight is 738 g/mol. The minimum Gasteiger partial charge on any atom is -0.497 e. The highest BCUT2D eigenvalue weighted by Crippen LogP contribution is 2.30. The summed E-state index contributed by atoms with van der Waals surface area (Å²) in [6.07, 6.45) is 0.852. The molecule has 4 rings (SSSR count). The number of anilines is 1. The molecule has 1 N–H and O–H groups in total. The van der Waals surface area contributed by atoms with Crippen molar-refractivity contribution in [3.8, 4) is 5.75 Å². The third-order valence-corrected chi connectivity index (χ3v) is 9.93. The summed E-state index contributed by atoms with van der Waals surface area (Å²) >= 11 is 3.47. The van der Waals surface area contributed by atoms with Crippen LogP contribution >= 0.6 is 15.9 Å². The number of nitrogens with one attached hydrogen (secondary N) is 1. The van der Waals surface area contributed by atoms with E-state index in [4.69, 9.17) is 4.74 Å². The van der Waals surface area contributed by atoms with Crippen LogP contribution in [0.5, 0.6) is 5.75 Å². The monoisotopic (exact) mass is 736 g/mol. The van der Waals surface area contributed by atoms with Gasteiger partial charge in [0.15, 0.2) is 0 Å². The molecule has 48 heavy (non-hydrogen) atoms. The quantitative estimate of drug-likeness (QED) is 0.116. The minimum atomic E-state index is -4.54. The zero-order valence-corrected chi connectivity index (χ0v) is 29.2. The molecule has 252 valence electrons. The van der Waals surface area contributed by atoms with Gasteiger partial charge in [-0.25, -0.2) is 8.42 Å². The summed E-state index contributed by atoms with van der Waals surface area (Å²) in [7, 11) is -3.07. The molecule has 13 heteroatoms. The third kappa shape index (κ3) is 8.98. The van der Waals surface area contributed by atoms with E-state index >= 15 is 0 Å². The highest BCUT2D eigenvalue weighted by Gasteiger charge is 2.35. The van der Waals surface area contributed by atoms with Crippen LogP contribution < -0.4 is 14.4 Å². The predicted molar refractivity (Wildman–Crippen MR) is 187 cm³/mol. The summed E-state index contributed by atoms with van der Waals surface area (Å²) in [6.45, 7) is 3.12. The van der Waals surface area contributed by atoms with Crippen molar-refractivity contribution >= 4 is 49.1 Å². The molecule has 0 fully saturated rings. The van der Waals surface area contributed by atoms with Gasteiger partial charge in [0, 0.05) is 35.6 Å². The number of carbonyl (C=O) groups is 2. The minimum absolute atomic E-state index is 0.00181. The molecule has 0 bridgehead atoms. The van der Waals surface area contributed by atoms with E-state index in [1.807, 2.05) is 61.5 Å². The molecular formula is C35H37BrN4O7S. The number of amides is 2. The van der Waals surface area contributed by atoms with Gasteiger partial charge < -0.3 is 15.0 Å². The Kier molecular flexibility index (Phi) is 12.3. The second-order valence-electron chi connectivity index (χ2n) is 11.1. The zero-order chi connectivity index (χ0) is 34.8. The van der Waals surface area contributed by atoms with Crippen LogP contribution in [0.25, 0.3) is 0 Å². The number of aryl methyl sites for hydroxylation is 1. The number of ether oxygens (including phenoxy) is 1. The van der Waals surface area contributed by atoms with Gasteiger partial charge in [-0.3, -0.25) is 24.0 Å². The van der Waals surface area contributed by atoms with E-state index in [1.54, 1.807) is 12.1 Å². The molecule has 4 aromatic rings. The molecule has 2 amide bonds. The number of sulfonamides is 1. The average Bonchev–Trinajstić information content (AvgIpc) is 3.08. The summed E-state index contributed by atoms with van der Waals surface area (Å²) in [5.74, 6) is -0.569. The van der Waals surface area contributed by atoms with Gasteiger partial charge in [0.05, 0.1) is 22.6 Å². The topological polar surface area (TPSA) is 139 Å². The first-order valence-corrected chi connectivity index (χ1v) is 17.4. The number of nitro groups is 1. The fraction of sp³-hybridized carbons (Fsp3) is 0.257. The molecule has 1 atom stereocenters. The van der Waals surface area contributed by atoms with Crippen LogP contribution in [0.4, 0.5) is 11.4 Å². The summed E-state index contributed by atoms with van der Waals surface area (Å²) in [4.78, 5) is 40.4. The first-order valence-electron chi connectivity index (χ1n) is 15.2. The van der Waals surface area contributed by atoms with Gasteiger partial charge in [-0.1, -0.05) is 71.4 Å². The summed E-state index contributed by atoms with van der Waals surface area (Å²) in [6, 6.07) is 25.2. The Hall–Kier alpha value is -4.75. The standard InChI is InChI=1S/C35H37BrN4O7S/c1-4-19-37-35(42)33(21-26-9-6-5-7-10-26)38(23-27-11-8-12-28(36)20-27)34(41)24-39(29-14-16-30(47-3)17-15-29)48(45,46)31-18-13-25(2)32(22-31)40(43)44/h5-18,20,22,33H,4,19,21,23-24H2,1-3H3,(H,37,42)/t33-/m0/s1. The number of carbonyl (C=O) groups excluding carboxylic acids is 2. The van der Waals surface area contributed by atoms with Crippen LogP contribution in [0.2, 0.25) is 0 Å². The lowest BCUT2D eigenvalue weighted by atomic mass is 10.0. The van der Waals surface area contributed by atoms with Crippen molar-refractivity contribution in [2.75, 3.05) is 24.5 Å². The molecule has 0 unspecified atom stereocenters. The number of rotatable bonds is 15. The largest absolute Gasteiger partial charge is 0.497 e. The molecule has 0 aromatic heterocycles. The smallest absolute Gasteiger partial charge is 0.273 e. The van der Waals surface area contributed by atoms with Gasteiger partial charge in [0.1, 0.15) is 18.3 Å². The molecule has 0 aliphatic heterocycles. The fourth-order valence-electron chi connectivity index (χ4n) is 5.10. The van der Waals surface area contributed by atoms with E-state index in [1.165, 1.54) is 43.2 Å². The van der Waals surface area contributed by atoms with Crippen molar-refractivity contribution < 1.29 is 27.7 Å². The van der Waals surface area contributed by atoms with Crippen LogP contribution in [0.15, 0.2) is 106 Å². The van der Waals surface area contributed by atoms with Crippen LogP contribution in [0, 0.1) is 17.0 Å². The van der Waals surface area contributed by atoms with E-state index < -0.39 is 33.4 Å². The number of nitro benzene ring substituents is 1. The maximum absolute atomic E-state index is 14.6. The molecule has 0 heterocycles. The van der Waals surface area contributed by atoms with Crippen molar-refractivity contribution in [1.82, 2.24) is 10.2 Å². The molecule has 0 saturated carbocycles. The maximum Gasteiger partial charge on any atom is 0.273 e. The van der Waals surface area contributed by atoms with Crippen LogP contribution in [-0.2, 0) is 32.6 Å². The van der Waals surface area contributed by atoms with E-state index in [-0.39, 0.29) is 40.7 Å². The molecule has 4 aromatic carbocycles. The number of halogens is 1. The Bertz CT molecular complexity index is 1850. The summed E-state index contributed by atoms with van der Waals surface area (Å²) < 4.78 is 35.5. The number of hydrogen-bond acceptors (Lipinski definition) is 7. The SMILES string of the molecule is CCCNC(=O)[C@H](Cc1ccccc1)N(Cc1cccc(Br)c1)C(=O)CN(c1ccc(OC)cc1)S(=O)(=O)c1ccc(C)c([N+](=O)[O-])c1. The first kappa shape index (κ1) is 36.1. The lowest BCUT2D eigenvalue weighted by Gasteiger charge is -2.34. The number of methoxy groups -OCH3 is 1. The highest BCUT2D eigenvalue weighted by molar-refractivity contribution is 9.10. The molecule has 0 radical (unpaired) electrons. The third-order valence-electron chi connectivity index (χ3n) is 7.67. The Morgan fingerprint density at radius 2 is 1.65 bits per heavy atom. The number of nitrogens with zero attached hydrogens (tertiary/aromatic N) is 3. The summed E-state index contributed by atoms with van der Waals surface area (Å²) in [5.41, 5.74) is 1.57. The van der Waals surface area contributed by atoms with Crippen LogP contribution in [-0.4, -0.2) is 56.3 Å². The summed E-state index contributed by atoms with van der Waals surface area (Å²) in [5, 5.41) is 14.6. The van der Waals surface area contributed by atoms with Crippen molar-refractivity contribution in [3.63, 3.8) is 0 Å². The Labute approximate surface area is 288 Å². The van der Waals surface area contributed by atoms with Crippen LogP contribution in [0.1, 0.15) is 30.0 Å². The maximum atomic E-state index is 14.6. The first-order chi connectivity index (χ1) is 22.9. The predicted octanol–water partition coefficient (Wildman–Crippen LogP) is 6.04. The van der Waals surface area contributed by atoms with Gasteiger partial charge in [-0.2, -0.15) is 0 Å². The van der Waals surface area contributed by atoms with Crippen LogP contribution in [0.3, 0.4) is 0 Å². The van der Waals surface area contributed by atoms with Gasteiger partial charge >= 0.3 is 0 Å². The van der Waals surface area contributed by atoms with E-state index in [2.05, 4.69) is 21.2 Å². The van der Waals surface area contributed by atoms with Crippen molar-refractivity contribution in [2.24, 2.45) is 0 Å². The van der Waals surface area contributed by atoms with E-state index in [9.17, 15) is 28.1 Å². The molecular weight excluding hydrogens is 700 g/mol. The fourth-order valence-corrected chi connectivity index (χ4v) is 6.98. The Balaban J connectivity index is 1.84. The van der Waals surface area contributed by atoms with Crippen molar-refractivity contribution in [2.45, 2.75) is 44.2 Å². The molecule has 11 nitrogen and oxygen atoms in total. The molecule has 0 saturated heterocycles. The Morgan fingerprint density at radius 3 is 2.27 bits per heavy atom. The zero-order valence-electron chi connectivity index (χ0n) is 26.8. The van der Waals surface area contributed by atoms with E-state index in [0.29, 0.717) is 24.3 Å². The second kappa shape index (κ2) is 16.4. The second-order valence-corrected chi connectivity index (χ2v) is 13.8. The van der Waals surface area contributed by atoms with Gasteiger partial charge in [-0.05, 0) is 66.9 Å². The lowest BCUT2D eigenvalue weighted by Crippen LogP contribution is -2.53. The number of benzene rings is 4. The van der Waals surface area contributed by atoms with E-state index in [0.717, 1.165) is 20.4 Å². The normalized spacial score (nSPS) is 11.8. The van der Waals surface area contributed by atoms with Crippen molar-refractivity contribution in [1.29, 1.82) is 0 Å². The van der Waals surface area contributed by atoms with Crippen molar-refractivity contribution in [3.05, 3.63) is 128 Å². The Morgan fingerprint density at radius 1 is 0.958 bits per heavy atom. The molecule has 0 spiro atoms. The lowest BCUT2D eigenvalue weighted by molar-refractivity contribution is -0.385. The van der Waals surface area contributed by atoms with Gasteiger partial charge in [0.25, 0.3) is 15.7 Å². The molecule has 0 aliphatic carbocycles. The molecule has 0 aliphatic rings.